The average molecular weight is 282 g/mol. The molecule has 0 aliphatic carbocycles. The summed E-state index contributed by atoms with van der Waals surface area (Å²) in [6.45, 7) is 0. The molecule has 4 N–H and O–H groups in total. The lowest BCUT2D eigenvalue weighted by Crippen LogP contribution is -2.23. The van der Waals surface area contributed by atoms with E-state index in [2.05, 4.69) is 14.9 Å². The topological polar surface area (TPSA) is 132 Å². The van der Waals surface area contributed by atoms with Crippen molar-refractivity contribution in [3.05, 3.63) is 11.8 Å². The fraction of sp³-hybridized carbons (Fsp3) is 0.143. The normalized spacial score (nSPS) is 11.9. The standard InChI is InChI=1S/C7H5F3N4O3S/c8-7(9,10)17-5-3(1-11)4(12)2-14-6(5)18(13,15)16/h2H,12H2,(H2,13,15,16). The molecule has 0 spiro atoms. The maximum atomic E-state index is 12.1. The van der Waals surface area contributed by atoms with Gasteiger partial charge in [-0.3, -0.25) is 0 Å². The van der Waals surface area contributed by atoms with Gasteiger partial charge in [-0.25, -0.2) is 18.5 Å². The SMILES string of the molecule is N#Cc1c(N)cnc(S(N)(=O)=O)c1OC(F)(F)F. The second-order valence-corrected chi connectivity index (χ2v) is 4.40. The third-order valence-electron chi connectivity index (χ3n) is 1.63. The molecule has 0 saturated heterocycles. The van der Waals surface area contributed by atoms with Crippen LogP contribution in [0.1, 0.15) is 5.56 Å². The summed E-state index contributed by atoms with van der Waals surface area (Å²) in [6, 6.07) is 1.29. The number of nitriles is 1. The first-order chi connectivity index (χ1) is 8.06. The number of sulfonamides is 1. The number of nitrogen functional groups attached to an aromatic ring is 1. The highest BCUT2D eigenvalue weighted by molar-refractivity contribution is 7.89. The molecule has 0 amide bonds. The van der Waals surface area contributed by atoms with Crippen molar-refractivity contribution in [3.63, 3.8) is 0 Å². The number of hydrogen-bond donors (Lipinski definition) is 2. The molecule has 0 aromatic carbocycles. The van der Waals surface area contributed by atoms with E-state index in [1.54, 1.807) is 0 Å². The number of primary sulfonamides is 1. The minimum Gasteiger partial charge on any atom is -0.401 e. The Bertz CT molecular complexity index is 620. The summed E-state index contributed by atoms with van der Waals surface area (Å²) in [5, 5.41) is 12.1. The zero-order valence-electron chi connectivity index (χ0n) is 8.39. The van der Waals surface area contributed by atoms with Crippen molar-refractivity contribution in [1.82, 2.24) is 4.98 Å². The molecule has 0 unspecified atom stereocenters. The molecule has 0 aliphatic rings. The summed E-state index contributed by atoms with van der Waals surface area (Å²) in [5.41, 5.74) is 3.91. The van der Waals surface area contributed by atoms with E-state index in [0.29, 0.717) is 6.20 Å². The molecule has 1 aromatic heterocycles. The fourth-order valence-electron chi connectivity index (χ4n) is 1.02. The molecule has 1 aromatic rings. The molecule has 0 aliphatic heterocycles. The van der Waals surface area contributed by atoms with Crippen molar-refractivity contribution < 1.29 is 26.3 Å². The summed E-state index contributed by atoms with van der Waals surface area (Å²) in [5.74, 6) is -1.34. The number of aromatic nitrogens is 1. The van der Waals surface area contributed by atoms with E-state index in [9.17, 15) is 21.6 Å². The van der Waals surface area contributed by atoms with Crippen LogP contribution < -0.4 is 15.6 Å². The number of anilines is 1. The van der Waals surface area contributed by atoms with Crippen molar-refractivity contribution >= 4 is 15.7 Å². The highest BCUT2D eigenvalue weighted by Gasteiger charge is 2.36. The van der Waals surface area contributed by atoms with Crippen LogP contribution in [0, 0.1) is 11.3 Å². The lowest BCUT2D eigenvalue weighted by Gasteiger charge is -2.13. The van der Waals surface area contributed by atoms with Gasteiger partial charge in [0, 0.05) is 0 Å². The summed E-state index contributed by atoms with van der Waals surface area (Å²) in [4.78, 5) is 3.13. The molecule has 1 rings (SSSR count). The minimum absolute atomic E-state index is 0.468. The van der Waals surface area contributed by atoms with Crippen LogP contribution in [0.15, 0.2) is 11.2 Å². The van der Waals surface area contributed by atoms with Gasteiger partial charge in [-0.15, -0.1) is 13.2 Å². The van der Waals surface area contributed by atoms with E-state index in [1.807, 2.05) is 0 Å². The van der Waals surface area contributed by atoms with E-state index in [4.69, 9.17) is 11.0 Å². The van der Waals surface area contributed by atoms with Gasteiger partial charge in [0.05, 0.1) is 11.9 Å². The van der Waals surface area contributed by atoms with E-state index in [-0.39, 0.29) is 0 Å². The van der Waals surface area contributed by atoms with Crippen LogP contribution in [0.4, 0.5) is 18.9 Å². The molecule has 0 radical (unpaired) electrons. The van der Waals surface area contributed by atoms with Crippen LogP contribution in [0.3, 0.4) is 0 Å². The highest BCUT2D eigenvalue weighted by atomic mass is 32.2. The smallest absolute Gasteiger partial charge is 0.401 e. The molecule has 98 valence electrons. The van der Waals surface area contributed by atoms with E-state index in [1.165, 1.54) is 6.07 Å². The van der Waals surface area contributed by atoms with Gasteiger partial charge in [0.2, 0.25) is 5.03 Å². The molecule has 1 heterocycles. The second kappa shape index (κ2) is 4.31. The number of nitrogens with two attached hydrogens (primary N) is 2. The van der Waals surface area contributed by atoms with Gasteiger partial charge in [0.25, 0.3) is 10.0 Å². The summed E-state index contributed by atoms with van der Waals surface area (Å²) in [7, 11) is -4.60. The number of ether oxygens (including phenoxy) is 1. The quantitative estimate of drug-likeness (QED) is 0.789. The zero-order chi connectivity index (χ0) is 14.1. The molecular weight excluding hydrogens is 277 g/mol. The van der Waals surface area contributed by atoms with Crippen molar-refractivity contribution in [2.45, 2.75) is 11.4 Å². The Hall–Kier alpha value is -2.06. The molecule has 0 bridgehead atoms. The number of halogens is 3. The molecule has 7 nitrogen and oxygen atoms in total. The highest BCUT2D eigenvalue weighted by Crippen LogP contribution is 2.33. The summed E-state index contributed by atoms with van der Waals surface area (Å²) >= 11 is 0. The van der Waals surface area contributed by atoms with Gasteiger partial charge in [-0.1, -0.05) is 0 Å². The first-order valence-corrected chi connectivity index (χ1v) is 5.58. The van der Waals surface area contributed by atoms with Crippen LogP contribution in [0.5, 0.6) is 5.75 Å². The van der Waals surface area contributed by atoms with Crippen molar-refractivity contribution in [1.29, 1.82) is 5.26 Å². The number of alkyl halides is 3. The number of pyridine rings is 1. The van der Waals surface area contributed by atoms with Crippen LogP contribution in [0.2, 0.25) is 0 Å². The lowest BCUT2D eigenvalue weighted by atomic mass is 10.2. The Kier molecular flexibility index (Phi) is 3.36. The Morgan fingerprint density at radius 2 is 2.00 bits per heavy atom. The molecule has 0 saturated carbocycles. The van der Waals surface area contributed by atoms with Crippen molar-refractivity contribution in [2.75, 3.05) is 5.73 Å². The minimum atomic E-state index is -5.22. The maximum absolute atomic E-state index is 12.1. The number of hydrogen-bond acceptors (Lipinski definition) is 6. The summed E-state index contributed by atoms with van der Waals surface area (Å²) in [6.07, 6.45) is -4.53. The molecule has 18 heavy (non-hydrogen) atoms. The van der Waals surface area contributed by atoms with Gasteiger partial charge >= 0.3 is 6.36 Å². The Labute approximate surface area is 98.8 Å². The average Bonchev–Trinajstić information content (AvgIpc) is 2.13. The van der Waals surface area contributed by atoms with E-state index >= 15 is 0 Å². The lowest BCUT2D eigenvalue weighted by molar-refractivity contribution is -0.275. The van der Waals surface area contributed by atoms with E-state index in [0.717, 1.165) is 0 Å². The first kappa shape index (κ1) is 14.0. The van der Waals surface area contributed by atoms with Gasteiger partial charge in [0.15, 0.2) is 5.75 Å². The Morgan fingerprint density at radius 1 is 1.44 bits per heavy atom. The van der Waals surface area contributed by atoms with Gasteiger partial charge < -0.3 is 10.5 Å². The molecular formula is C7H5F3N4O3S. The zero-order valence-corrected chi connectivity index (χ0v) is 9.21. The van der Waals surface area contributed by atoms with Crippen LogP contribution in [-0.4, -0.2) is 19.8 Å². The largest absolute Gasteiger partial charge is 0.573 e. The van der Waals surface area contributed by atoms with Gasteiger partial charge in [0.1, 0.15) is 11.6 Å². The van der Waals surface area contributed by atoms with Gasteiger partial charge in [-0.05, 0) is 0 Å². The first-order valence-electron chi connectivity index (χ1n) is 4.03. The van der Waals surface area contributed by atoms with Crippen molar-refractivity contribution in [2.24, 2.45) is 5.14 Å². The summed E-state index contributed by atoms with van der Waals surface area (Å²) < 4.78 is 61.9. The predicted molar refractivity (Wildman–Crippen MR) is 51.4 cm³/mol. The van der Waals surface area contributed by atoms with Crippen molar-refractivity contribution in [3.8, 4) is 11.8 Å². The van der Waals surface area contributed by atoms with Crippen LogP contribution in [0.25, 0.3) is 0 Å². The monoisotopic (exact) mass is 282 g/mol. The second-order valence-electron chi connectivity index (χ2n) is 2.93. The van der Waals surface area contributed by atoms with Crippen LogP contribution >= 0.6 is 0 Å². The van der Waals surface area contributed by atoms with E-state index < -0.39 is 38.4 Å². The van der Waals surface area contributed by atoms with Crippen LogP contribution in [-0.2, 0) is 10.0 Å². The Balaban J connectivity index is 3.62. The molecule has 0 fully saturated rings. The fourth-order valence-corrected chi connectivity index (χ4v) is 1.62. The molecule has 0 atom stereocenters. The maximum Gasteiger partial charge on any atom is 0.573 e. The third kappa shape index (κ3) is 2.99. The number of rotatable bonds is 2. The third-order valence-corrected chi connectivity index (χ3v) is 2.46. The molecule has 11 heteroatoms. The number of nitrogens with zero attached hydrogens (tertiary/aromatic N) is 2. The predicted octanol–water partition coefficient (Wildman–Crippen LogP) is 0.0815. The Morgan fingerprint density at radius 3 is 2.39 bits per heavy atom. The van der Waals surface area contributed by atoms with Gasteiger partial charge in [-0.2, -0.15) is 5.26 Å².